The van der Waals surface area contributed by atoms with Crippen molar-refractivity contribution in [3.05, 3.63) is 58.4 Å². The highest BCUT2D eigenvalue weighted by Gasteiger charge is 2.10. The van der Waals surface area contributed by atoms with Gasteiger partial charge in [-0.2, -0.15) is 11.8 Å². The Labute approximate surface area is 121 Å². The van der Waals surface area contributed by atoms with Gasteiger partial charge in [-0.15, -0.1) is 0 Å². The van der Waals surface area contributed by atoms with Crippen molar-refractivity contribution >= 4 is 17.7 Å². The molecule has 1 heterocycles. The SMILES string of the molecule is CSCCNC(=O)c1ccc(-c2ccccc2)[nH]c1=O. The van der Waals surface area contributed by atoms with E-state index in [-0.39, 0.29) is 17.0 Å². The van der Waals surface area contributed by atoms with Gasteiger partial charge in [-0.1, -0.05) is 30.3 Å². The zero-order valence-electron chi connectivity index (χ0n) is 11.2. The van der Waals surface area contributed by atoms with Crippen LogP contribution in [0.2, 0.25) is 0 Å². The number of thioether (sulfide) groups is 1. The quantitative estimate of drug-likeness (QED) is 0.829. The van der Waals surface area contributed by atoms with Gasteiger partial charge in [0.25, 0.3) is 11.5 Å². The lowest BCUT2D eigenvalue weighted by Crippen LogP contribution is -2.31. The van der Waals surface area contributed by atoms with Crippen LogP contribution in [0.15, 0.2) is 47.3 Å². The number of aromatic amines is 1. The summed E-state index contributed by atoms with van der Waals surface area (Å²) in [5.41, 5.74) is 1.40. The number of hydrogen-bond donors (Lipinski definition) is 2. The summed E-state index contributed by atoms with van der Waals surface area (Å²) < 4.78 is 0. The second kappa shape index (κ2) is 6.96. The summed E-state index contributed by atoms with van der Waals surface area (Å²) in [5, 5.41) is 2.72. The van der Waals surface area contributed by atoms with Gasteiger partial charge >= 0.3 is 0 Å². The van der Waals surface area contributed by atoms with Crippen LogP contribution in [0.1, 0.15) is 10.4 Å². The summed E-state index contributed by atoms with van der Waals surface area (Å²) in [4.78, 5) is 26.6. The first-order valence-corrected chi connectivity index (χ1v) is 7.67. The molecule has 2 aromatic rings. The summed E-state index contributed by atoms with van der Waals surface area (Å²) in [6, 6.07) is 12.8. The molecule has 0 aliphatic heterocycles. The molecular weight excluding hydrogens is 272 g/mol. The van der Waals surface area contributed by atoms with Crippen LogP contribution in [0.4, 0.5) is 0 Å². The van der Waals surface area contributed by atoms with E-state index in [1.807, 2.05) is 36.6 Å². The first-order valence-electron chi connectivity index (χ1n) is 6.28. The van der Waals surface area contributed by atoms with Crippen LogP contribution in [0.3, 0.4) is 0 Å². The molecule has 2 rings (SSSR count). The van der Waals surface area contributed by atoms with Gasteiger partial charge in [0.2, 0.25) is 0 Å². The molecule has 5 heteroatoms. The predicted octanol–water partition coefficient (Wildman–Crippen LogP) is 2.13. The zero-order valence-corrected chi connectivity index (χ0v) is 12.0. The lowest BCUT2D eigenvalue weighted by Gasteiger charge is -2.05. The van der Waals surface area contributed by atoms with Gasteiger partial charge in [-0.05, 0) is 24.0 Å². The summed E-state index contributed by atoms with van der Waals surface area (Å²) in [7, 11) is 0. The number of hydrogen-bond acceptors (Lipinski definition) is 3. The Morgan fingerprint density at radius 3 is 2.60 bits per heavy atom. The molecule has 0 unspecified atom stereocenters. The topological polar surface area (TPSA) is 62.0 Å². The van der Waals surface area contributed by atoms with Crippen molar-refractivity contribution in [2.24, 2.45) is 0 Å². The second-order valence-corrected chi connectivity index (χ2v) is 5.22. The molecule has 4 nitrogen and oxygen atoms in total. The molecule has 0 saturated carbocycles. The molecule has 1 aromatic carbocycles. The molecule has 0 saturated heterocycles. The number of amides is 1. The number of benzene rings is 1. The van der Waals surface area contributed by atoms with Crippen LogP contribution in [-0.2, 0) is 0 Å². The Morgan fingerprint density at radius 1 is 1.20 bits per heavy atom. The number of pyridine rings is 1. The van der Waals surface area contributed by atoms with Crippen molar-refractivity contribution in [2.45, 2.75) is 0 Å². The van der Waals surface area contributed by atoms with Gasteiger partial charge < -0.3 is 10.3 Å². The average Bonchev–Trinajstić information content (AvgIpc) is 2.48. The first kappa shape index (κ1) is 14.4. The number of nitrogens with one attached hydrogen (secondary N) is 2. The lowest BCUT2D eigenvalue weighted by atomic mass is 10.1. The van der Waals surface area contributed by atoms with E-state index in [2.05, 4.69) is 10.3 Å². The Balaban J connectivity index is 2.18. The maximum Gasteiger partial charge on any atom is 0.261 e. The molecule has 0 radical (unpaired) electrons. The van der Waals surface area contributed by atoms with E-state index < -0.39 is 0 Å². The molecule has 0 spiro atoms. The molecule has 1 amide bonds. The van der Waals surface area contributed by atoms with Gasteiger partial charge in [-0.3, -0.25) is 9.59 Å². The highest BCUT2D eigenvalue weighted by atomic mass is 32.2. The van der Waals surface area contributed by atoms with Crippen LogP contribution >= 0.6 is 11.8 Å². The highest BCUT2D eigenvalue weighted by Crippen LogP contribution is 2.14. The molecule has 0 bridgehead atoms. The number of carbonyl (C=O) groups is 1. The molecule has 0 fully saturated rings. The minimum absolute atomic E-state index is 0.144. The maximum atomic E-state index is 12.0. The molecule has 0 aliphatic carbocycles. The number of aromatic nitrogens is 1. The normalized spacial score (nSPS) is 10.2. The Kier molecular flexibility index (Phi) is 5.01. The van der Waals surface area contributed by atoms with Gasteiger partial charge in [-0.25, -0.2) is 0 Å². The molecule has 2 N–H and O–H groups in total. The third-order valence-corrected chi connectivity index (χ3v) is 3.44. The average molecular weight is 288 g/mol. The van der Waals surface area contributed by atoms with Crippen molar-refractivity contribution in [3.63, 3.8) is 0 Å². The van der Waals surface area contributed by atoms with Crippen molar-refractivity contribution in [3.8, 4) is 11.3 Å². The second-order valence-electron chi connectivity index (χ2n) is 4.23. The fourth-order valence-corrected chi connectivity index (χ4v) is 2.11. The highest BCUT2D eigenvalue weighted by molar-refractivity contribution is 7.98. The van der Waals surface area contributed by atoms with E-state index in [4.69, 9.17) is 0 Å². The molecule has 0 aliphatic rings. The van der Waals surface area contributed by atoms with Crippen LogP contribution < -0.4 is 10.9 Å². The van der Waals surface area contributed by atoms with Gasteiger partial charge in [0.05, 0.1) is 0 Å². The molecule has 104 valence electrons. The van der Waals surface area contributed by atoms with Gasteiger partial charge in [0.15, 0.2) is 0 Å². The van der Waals surface area contributed by atoms with Gasteiger partial charge in [0.1, 0.15) is 5.56 Å². The standard InChI is InChI=1S/C15H16N2O2S/c1-20-10-9-16-14(18)12-7-8-13(17-15(12)19)11-5-3-2-4-6-11/h2-8H,9-10H2,1H3,(H,16,18)(H,17,19). The molecular formula is C15H16N2O2S. The number of H-pyrrole nitrogens is 1. The Hall–Kier alpha value is -2.01. The summed E-state index contributed by atoms with van der Waals surface area (Å²) in [6.07, 6.45) is 1.97. The largest absolute Gasteiger partial charge is 0.351 e. The zero-order chi connectivity index (χ0) is 14.4. The van der Waals surface area contributed by atoms with E-state index >= 15 is 0 Å². The van der Waals surface area contributed by atoms with Crippen LogP contribution in [0.25, 0.3) is 11.3 Å². The van der Waals surface area contributed by atoms with E-state index in [1.165, 1.54) is 0 Å². The molecule has 1 aromatic heterocycles. The third kappa shape index (κ3) is 3.51. The van der Waals surface area contributed by atoms with Crippen molar-refractivity contribution in [1.29, 1.82) is 0 Å². The maximum absolute atomic E-state index is 12.0. The minimum Gasteiger partial charge on any atom is -0.351 e. The summed E-state index contributed by atoms with van der Waals surface area (Å²) >= 11 is 1.64. The fourth-order valence-electron chi connectivity index (χ4n) is 1.80. The van der Waals surface area contributed by atoms with Crippen LogP contribution in [0, 0.1) is 0 Å². The predicted molar refractivity (Wildman–Crippen MR) is 83.2 cm³/mol. The lowest BCUT2D eigenvalue weighted by molar-refractivity contribution is 0.0954. The minimum atomic E-state index is -0.368. The first-order chi connectivity index (χ1) is 9.72. The number of rotatable bonds is 5. The molecule has 0 atom stereocenters. The summed E-state index contributed by atoms with van der Waals surface area (Å²) in [6.45, 7) is 0.555. The van der Waals surface area contributed by atoms with Crippen molar-refractivity contribution in [1.82, 2.24) is 10.3 Å². The summed E-state index contributed by atoms with van der Waals surface area (Å²) in [5.74, 6) is 0.492. The fraction of sp³-hybridized carbons (Fsp3) is 0.200. The number of carbonyl (C=O) groups excluding carboxylic acids is 1. The van der Waals surface area contributed by atoms with E-state index in [0.717, 1.165) is 11.3 Å². The van der Waals surface area contributed by atoms with Crippen molar-refractivity contribution < 1.29 is 4.79 Å². The third-order valence-electron chi connectivity index (χ3n) is 2.83. The van der Waals surface area contributed by atoms with Crippen LogP contribution in [-0.4, -0.2) is 29.4 Å². The van der Waals surface area contributed by atoms with E-state index in [9.17, 15) is 9.59 Å². The van der Waals surface area contributed by atoms with Crippen LogP contribution in [0.5, 0.6) is 0 Å². The smallest absolute Gasteiger partial charge is 0.261 e. The monoisotopic (exact) mass is 288 g/mol. The Bertz CT molecular complexity index is 638. The Morgan fingerprint density at radius 2 is 1.95 bits per heavy atom. The molecule has 20 heavy (non-hydrogen) atoms. The van der Waals surface area contributed by atoms with Crippen molar-refractivity contribution in [2.75, 3.05) is 18.6 Å². The van der Waals surface area contributed by atoms with E-state index in [0.29, 0.717) is 12.2 Å². The van der Waals surface area contributed by atoms with E-state index in [1.54, 1.807) is 23.9 Å². The van der Waals surface area contributed by atoms with Gasteiger partial charge in [0, 0.05) is 18.0 Å².